The van der Waals surface area contributed by atoms with Gasteiger partial charge in [0, 0.05) is 10.6 Å². The van der Waals surface area contributed by atoms with Crippen LogP contribution in [-0.2, 0) is 0 Å². The Morgan fingerprint density at radius 1 is 1.00 bits per heavy atom. The Balaban J connectivity index is 2.44. The second-order valence-electron chi connectivity index (χ2n) is 6.44. The number of hydrogen-bond acceptors (Lipinski definition) is 3. The summed E-state index contributed by atoms with van der Waals surface area (Å²) >= 11 is 11.9. The Bertz CT molecular complexity index is 1080. The van der Waals surface area contributed by atoms with Gasteiger partial charge in [-0.15, -0.1) is 0 Å². The summed E-state index contributed by atoms with van der Waals surface area (Å²) in [6.45, 7) is 0. The topological polar surface area (TPSA) is 63.2 Å². The molecular formula is C19H10Cl2F6N4. The molecule has 2 aromatic carbocycles. The minimum atomic E-state index is -6.02. The van der Waals surface area contributed by atoms with E-state index in [0.717, 1.165) is 6.07 Å². The molecule has 0 amide bonds. The van der Waals surface area contributed by atoms with Gasteiger partial charge in [0.2, 0.25) is 0 Å². The smallest absolute Gasteiger partial charge is 0.287 e. The summed E-state index contributed by atoms with van der Waals surface area (Å²) in [6.07, 6.45) is -12.0. The van der Waals surface area contributed by atoms with E-state index in [1.807, 2.05) is 0 Å². The molecule has 1 atom stereocenters. The number of alkyl halides is 6. The van der Waals surface area contributed by atoms with Crippen LogP contribution in [-0.4, -0.2) is 29.6 Å². The maximum atomic E-state index is 13.9. The van der Waals surface area contributed by atoms with Crippen LogP contribution in [0, 0.1) is 22.7 Å². The van der Waals surface area contributed by atoms with Crippen LogP contribution in [0.2, 0.25) is 10.0 Å². The van der Waals surface area contributed by atoms with Crippen molar-refractivity contribution in [3.8, 4) is 6.07 Å². The summed E-state index contributed by atoms with van der Waals surface area (Å²) in [5, 5.41) is 17.5. The number of anilines is 1. The molecule has 1 unspecified atom stereocenters. The Morgan fingerprint density at radius 2 is 1.58 bits per heavy atom. The number of nitrogens with one attached hydrogen (secondary N) is 1. The van der Waals surface area contributed by atoms with Gasteiger partial charge < -0.3 is 0 Å². The lowest BCUT2D eigenvalue weighted by molar-refractivity contribution is -0.300. The number of rotatable bonds is 2. The number of nitrogens with zero attached hydrogens (tertiary/aromatic N) is 3. The van der Waals surface area contributed by atoms with Crippen molar-refractivity contribution >= 4 is 40.6 Å². The quantitative estimate of drug-likeness (QED) is 0.519. The summed E-state index contributed by atoms with van der Waals surface area (Å²) in [6, 6.07) is 11.4. The zero-order chi connectivity index (χ0) is 23.2. The van der Waals surface area contributed by atoms with Crippen molar-refractivity contribution in [2.24, 2.45) is 10.9 Å². The predicted octanol–water partition coefficient (Wildman–Crippen LogP) is 6.24. The van der Waals surface area contributed by atoms with E-state index in [-0.39, 0.29) is 21.3 Å². The Labute approximate surface area is 181 Å². The van der Waals surface area contributed by atoms with Crippen molar-refractivity contribution < 1.29 is 26.3 Å². The van der Waals surface area contributed by atoms with Crippen molar-refractivity contribution in [1.29, 1.82) is 10.7 Å². The molecule has 0 aromatic heterocycles. The summed E-state index contributed by atoms with van der Waals surface area (Å²) < 4.78 is 83.5. The first-order valence-corrected chi connectivity index (χ1v) is 9.12. The van der Waals surface area contributed by atoms with E-state index in [4.69, 9.17) is 28.6 Å². The van der Waals surface area contributed by atoms with Crippen molar-refractivity contribution in [3.05, 3.63) is 64.1 Å². The average molecular weight is 479 g/mol. The predicted molar refractivity (Wildman–Crippen MR) is 104 cm³/mol. The molecule has 0 radical (unpaired) electrons. The number of benzene rings is 2. The Kier molecular flexibility index (Phi) is 5.71. The van der Waals surface area contributed by atoms with Gasteiger partial charge in [-0.1, -0.05) is 53.5 Å². The van der Waals surface area contributed by atoms with Gasteiger partial charge in [0.05, 0.1) is 16.8 Å². The first-order chi connectivity index (χ1) is 14.3. The molecule has 1 aliphatic rings. The SMILES string of the molecule is N#CC1C(=N)N(c2ccc(Cl)cc2Cl)C(c2ccccc2)=NC1(C(F)(F)F)C(F)(F)F. The highest BCUT2D eigenvalue weighted by molar-refractivity contribution is 6.39. The van der Waals surface area contributed by atoms with Crippen LogP contribution in [0.15, 0.2) is 53.5 Å². The van der Waals surface area contributed by atoms with Gasteiger partial charge in [-0.3, -0.25) is 10.3 Å². The summed E-state index contributed by atoms with van der Waals surface area (Å²) in [4.78, 5) is 3.78. The van der Waals surface area contributed by atoms with Crippen molar-refractivity contribution in [1.82, 2.24) is 0 Å². The largest absolute Gasteiger partial charge is 0.424 e. The molecule has 0 saturated heterocycles. The Hall–Kier alpha value is -2.77. The molecule has 0 bridgehead atoms. The van der Waals surface area contributed by atoms with E-state index in [9.17, 15) is 31.6 Å². The molecule has 162 valence electrons. The molecule has 1 aliphatic heterocycles. The lowest BCUT2D eigenvalue weighted by Crippen LogP contribution is -2.67. The monoisotopic (exact) mass is 478 g/mol. The van der Waals surface area contributed by atoms with Gasteiger partial charge in [-0.2, -0.15) is 31.6 Å². The van der Waals surface area contributed by atoms with Crippen LogP contribution < -0.4 is 4.90 Å². The van der Waals surface area contributed by atoms with Crippen LogP contribution in [0.5, 0.6) is 0 Å². The molecule has 4 nitrogen and oxygen atoms in total. The number of aliphatic imine (C=N–C) groups is 1. The second-order valence-corrected chi connectivity index (χ2v) is 7.29. The normalized spacial score (nSPS) is 19.1. The second kappa shape index (κ2) is 7.73. The minimum Gasteiger partial charge on any atom is -0.287 e. The number of halogens is 8. The minimum absolute atomic E-state index is 0.146. The lowest BCUT2D eigenvalue weighted by Gasteiger charge is -2.44. The third-order valence-corrected chi connectivity index (χ3v) is 5.14. The first-order valence-electron chi connectivity index (χ1n) is 8.37. The van der Waals surface area contributed by atoms with E-state index in [1.54, 1.807) is 0 Å². The van der Waals surface area contributed by atoms with E-state index in [0.29, 0.717) is 4.90 Å². The fourth-order valence-corrected chi connectivity index (χ4v) is 3.67. The Morgan fingerprint density at radius 3 is 2.06 bits per heavy atom. The fraction of sp³-hybridized carbons (Fsp3) is 0.211. The molecule has 0 spiro atoms. The van der Waals surface area contributed by atoms with Gasteiger partial charge in [0.1, 0.15) is 17.6 Å². The molecular weight excluding hydrogens is 469 g/mol. The molecule has 0 fully saturated rings. The van der Waals surface area contributed by atoms with E-state index in [2.05, 4.69) is 4.99 Å². The summed E-state index contributed by atoms with van der Waals surface area (Å²) in [7, 11) is 0. The molecule has 1 heterocycles. The van der Waals surface area contributed by atoms with Crippen molar-refractivity contribution in [3.63, 3.8) is 0 Å². The van der Waals surface area contributed by atoms with Crippen molar-refractivity contribution in [2.45, 2.75) is 17.9 Å². The number of nitriles is 1. The highest BCUT2D eigenvalue weighted by Gasteiger charge is 2.78. The van der Waals surface area contributed by atoms with Crippen LogP contribution in [0.3, 0.4) is 0 Å². The molecule has 1 N–H and O–H groups in total. The molecule has 12 heteroatoms. The zero-order valence-corrected chi connectivity index (χ0v) is 16.6. The fourth-order valence-electron chi connectivity index (χ4n) is 3.18. The highest BCUT2D eigenvalue weighted by Crippen LogP contribution is 2.53. The van der Waals surface area contributed by atoms with Crippen LogP contribution in [0.1, 0.15) is 5.56 Å². The van der Waals surface area contributed by atoms with Crippen LogP contribution in [0.25, 0.3) is 0 Å². The van der Waals surface area contributed by atoms with Crippen molar-refractivity contribution in [2.75, 3.05) is 4.90 Å². The molecule has 2 aromatic rings. The van der Waals surface area contributed by atoms with E-state index >= 15 is 0 Å². The standard InChI is InChI=1S/C19H10Cl2F6N4/c20-11-6-7-14(13(21)8-11)31-15(29)12(9-28)17(18(22,23)24,19(25,26)27)30-16(31)10-4-2-1-3-5-10/h1-8,12,29H. The molecule has 31 heavy (non-hydrogen) atoms. The van der Waals surface area contributed by atoms with Gasteiger partial charge in [0.25, 0.3) is 5.54 Å². The van der Waals surface area contributed by atoms with Gasteiger partial charge >= 0.3 is 12.4 Å². The average Bonchev–Trinajstić information content (AvgIpc) is 2.67. The third kappa shape index (κ3) is 3.62. The van der Waals surface area contributed by atoms with E-state index < -0.39 is 35.5 Å². The summed E-state index contributed by atoms with van der Waals surface area (Å²) in [5.41, 5.74) is -5.14. The van der Waals surface area contributed by atoms with Gasteiger partial charge in [-0.25, -0.2) is 4.99 Å². The van der Waals surface area contributed by atoms with E-state index in [1.165, 1.54) is 48.5 Å². The highest BCUT2D eigenvalue weighted by atomic mass is 35.5. The van der Waals surface area contributed by atoms with Gasteiger partial charge in [0.15, 0.2) is 0 Å². The summed E-state index contributed by atoms with van der Waals surface area (Å²) in [5.74, 6) is -5.14. The maximum absolute atomic E-state index is 13.9. The third-order valence-electron chi connectivity index (χ3n) is 4.60. The molecule has 3 rings (SSSR count). The number of hydrogen-bond donors (Lipinski definition) is 1. The lowest BCUT2D eigenvalue weighted by atomic mass is 9.80. The number of amidine groups is 2. The maximum Gasteiger partial charge on any atom is 0.424 e. The van der Waals surface area contributed by atoms with Gasteiger partial charge in [-0.05, 0) is 18.2 Å². The molecule has 0 saturated carbocycles. The van der Waals surface area contributed by atoms with Crippen LogP contribution in [0.4, 0.5) is 32.0 Å². The zero-order valence-electron chi connectivity index (χ0n) is 15.1. The first kappa shape index (κ1) is 22.9. The van der Waals surface area contributed by atoms with Crippen LogP contribution >= 0.6 is 23.2 Å². The molecule has 0 aliphatic carbocycles.